The number of benzene rings is 5. The van der Waals surface area contributed by atoms with Gasteiger partial charge >= 0.3 is 0 Å². The maximum Gasteiger partial charge on any atom is 0.269 e. The minimum atomic E-state index is -0.473. The summed E-state index contributed by atoms with van der Waals surface area (Å²) in [6, 6.07) is 67.4. The lowest BCUT2D eigenvalue weighted by Gasteiger charge is -2.21. The minimum absolute atomic E-state index is 0.00367. The zero-order valence-electron chi connectivity index (χ0n) is 80.1. The number of hydrogen-bond donors (Lipinski definition) is 13. The van der Waals surface area contributed by atoms with Gasteiger partial charge in [-0.3, -0.25) is 28.2 Å². The van der Waals surface area contributed by atoms with Crippen LogP contribution in [0.2, 0.25) is 0 Å². The fourth-order valence-electron chi connectivity index (χ4n) is 15.8. The van der Waals surface area contributed by atoms with Crippen LogP contribution in [-0.2, 0) is 19.1 Å². The number of anilines is 15. The molecule has 712 valence electrons. The van der Waals surface area contributed by atoms with Gasteiger partial charge in [-0.15, -0.1) is 0 Å². The number of rotatable bonds is 22. The molecule has 0 aliphatic heterocycles. The highest BCUT2D eigenvalue weighted by molar-refractivity contribution is 6.00. The lowest BCUT2D eigenvalue weighted by molar-refractivity contribution is 0.0953. The predicted molar refractivity (Wildman–Crippen MR) is 561 cm³/mol. The monoisotopic (exact) mass is 1890 g/mol. The number of aromatic nitrogens is 20. The van der Waals surface area contributed by atoms with Crippen molar-refractivity contribution in [3.8, 4) is 68.4 Å². The van der Waals surface area contributed by atoms with E-state index < -0.39 is 5.54 Å². The van der Waals surface area contributed by atoms with Crippen molar-refractivity contribution in [1.82, 2.24) is 104 Å². The number of amides is 1. The molecule has 0 saturated heterocycles. The van der Waals surface area contributed by atoms with Crippen LogP contribution in [0.4, 0.5) is 86.9 Å². The SMILES string of the molecule is CNC(=O)c1cc(Nc2cc3cc(-c4ccccc4C)nc(N)c3cn2)nn1C.Cc1ccccc1-c1cc2cc(Nc3cc(C)n(CCO)n3)ncc2c(N)n1.Cc1ccccc1-c1cc2cc(Nc3cnn(C(C)(C)CO)c3)ncc2c(N)n1.Cc1ccccc1-c1cc2cc(Nc3cnn([C@@H](C)C#N)c3)ncc2c(N)n1.Cc1ccccc1-c1cc2cc(Nc3cnn([C@H](C)C#N)c3)ncc2c(N)n1. The number of nitrogens with zero attached hydrogens (tertiary/aromatic N) is 22. The quantitative estimate of drug-likeness (QED) is 0.0300. The number of nitriles is 2. The first-order valence-electron chi connectivity index (χ1n) is 45.4. The highest BCUT2D eigenvalue weighted by atomic mass is 16.3. The van der Waals surface area contributed by atoms with Crippen LogP contribution >= 0.6 is 0 Å². The van der Waals surface area contributed by atoms with Crippen molar-refractivity contribution in [1.29, 1.82) is 10.5 Å². The van der Waals surface area contributed by atoms with E-state index in [-0.39, 0.29) is 31.2 Å². The number of nitrogens with one attached hydrogen (secondary N) is 6. The Morgan fingerprint density at radius 3 is 0.986 bits per heavy atom. The third-order valence-corrected chi connectivity index (χ3v) is 23.8. The molecule has 0 aliphatic rings. The highest BCUT2D eigenvalue weighted by Crippen LogP contribution is 2.38. The van der Waals surface area contributed by atoms with Crippen LogP contribution in [0.1, 0.15) is 83.8 Å². The van der Waals surface area contributed by atoms with Gasteiger partial charge in [-0.05, 0) is 185 Å². The molecule has 5 aromatic carbocycles. The summed E-state index contributed by atoms with van der Waals surface area (Å²) < 4.78 is 8.19. The smallest absolute Gasteiger partial charge is 0.269 e. The Morgan fingerprint density at radius 2 is 0.690 bits per heavy atom. The van der Waals surface area contributed by atoms with Crippen LogP contribution < -0.4 is 60.6 Å². The number of carbonyl (C=O) groups is 1. The van der Waals surface area contributed by atoms with Gasteiger partial charge < -0.3 is 70.8 Å². The molecular weight excluding hydrogens is 1780 g/mol. The predicted octanol–water partition coefficient (Wildman–Crippen LogP) is 18.7. The first-order chi connectivity index (χ1) is 68.5. The summed E-state index contributed by atoms with van der Waals surface area (Å²) in [6.45, 7) is 20.1. The number of hydrogen-bond acceptors (Lipinski definition) is 30. The van der Waals surface area contributed by atoms with Crippen molar-refractivity contribution in [3.05, 3.63) is 301 Å². The number of aliphatic hydroxyl groups is 2. The largest absolute Gasteiger partial charge is 0.394 e. The number of aryl methyl sites for hydroxylation is 7. The van der Waals surface area contributed by atoms with Gasteiger partial charge in [0.25, 0.3) is 5.91 Å². The van der Waals surface area contributed by atoms with E-state index in [1.54, 1.807) is 115 Å². The van der Waals surface area contributed by atoms with Gasteiger partial charge in [0.1, 0.15) is 76.0 Å². The van der Waals surface area contributed by atoms with Gasteiger partial charge in [0, 0.05) is 136 Å². The topological polar surface area (TPSA) is 525 Å². The zero-order valence-corrected chi connectivity index (χ0v) is 80.1. The first-order valence-corrected chi connectivity index (χ1v) is 45.4. The molecule has 20 aromatic rings. The van der Waals surface area contributed by atoms with E-state index in [0.29, 0.717) is 82.1 Å². The summed E-state index contributed by atoms with van der Waals surface area (Å²) in [7, 11) is 3.29. The number of pyridine rings is 10. The molecule has 142 heavy (non-hydrogen) atoms. The molecule has 36 heteroatoms. The third kappa shape index (κ3) is 22.0. The number of carbonyl (C=O) groups excluding carboxylic acids is 1. The van der Waals surface area contributed by atoms with E-state index in [1.165, 1.54) is 4.68 Å². The average molecular weight is 1890 g/mol. The van der Waals surface area contributed by atoms with E-state index in [2.05, 4.69) is 171 Å². The van der Waals surface area contributed by atoms with Crippen molar-refractivity contribution in [2.45, 2.75) is 93.4 Å². The van der Waals surface area contributed by atoms with E-state index in [1.807, 2.05) is 198 Å². The van der Waals surface area contributed by atoms with Gasteiger partial charge in [0.15, 0.2) is 11.6 Å². The van der Waals surface area contributed by atoms with Crippen LogP contribution in [0.25, 0.3) is 110 Å². The molecule has 0 bridgehead atoms. The number of aliphatic hydroxyl groups excluding tert-OH is 2. The third-order valence-electron chi connectivity index (χ3n) is 23.8. The van der Waals surface area contributed by atoms with E-state index in [0.717, 1.165) is 161 Å². The lowest BCUT2D eigenvalue weighted by atomic mass is 10.0. The molecule has 36 nitrogen and oxygen atoms in total. The average Bonchev–Trinajstić information content (AvgIpc) is 0.833. The lowest BCUT2D eigenvalue weighted by Crippen LogP contribution is -2.30. The molecule has 0 fully saturated rings. The zero-order chi connectivity index (χ0) is 100. The molecule has 2 atom stereocenters. The highest BCUT2D eigenvalue weighted by Gasteiger charge is 2.23. The van der Waals surface area contributed by atoms with E-state index in [4.69, 9.17) is 44.3 Å². The normalized spacial score (nSPS) is 11.5. The van der Waals surface area contributed by atoms with Crippen molar-refractivity contribution in [2.75, 3.05) is 75.5 Å². The second kappa shape index (κ2) is 42.3. The summed E-state index contributed by atoms with van der Waals surface area (Å²) in [4.78, 5) is 56.8. The number of nitrogens with two attached hydrogens (primary N) is 5. The van der Waals surface area contributed by atoms with Crippen molar-refractivity contribution in [3.63, 3.8) is 0 Å². The van der Waals surface area contributed by atoms with Crippen LogP contribution in [0.3, 0.4) is 0 Å². The number of fused-ring (bicyclic) bond motifs is 5. The second-order valence-electron chi connectivity index (χ2n) is 34.5. The van der Waals surface area contributed by atoms with Crippen molar-refractivity contribution >= 4 is 147 Å². The molecule has 0 aliphatic carbocycles. The number of nitrogen functional groups attached to an aromatic ring is 5. The second-order valence-corrected chi connectivity index (χ2v) is 34.5. The van der Waals surface area contributed by atoms with Crippen LogP contribution in [0.5, 0.6) is 0 Å². The fourth-order valence-corrected chi connectivity index (χ4v) is 15.8. The van der Waals surface area contributed by atoms with Gasteiger partial charge in [0.05, 0.1) is 102 Å². The molecule has 0 radical (unpaired) electrons. The van der Waals surface area contributed by atoms with Gasteiger partial charge in [-0.2, -0.15) is 36.0 Å². The summed E-state index contributed by atoms with van der Waals surface area (Å²) in [5.74, 6) is 6.52. The Bertz CT molecular complexity index is 7970. The van der Waals surface area contributed by atoms with Crippen molar-refractivity contribution in [2.24, 2.45) is 7.05 Å². The maximum absolute atomic E-state index is 11.9. The summed E-state index contributed by atoms with van der Waals surface area (Å²) >= 11 is 0. The standard InChI is InChI=1S/C22H24N6O.C21H21N7O.2C21H19N7.C21H22N6O/c1-14-6-4-5-7-17(14)19-8-15-9-20(24-11-18(15)21(23)27-19)26-16-10-25-28(12-16)22(2,3)13-29;1-12-6-4-5-7-14(12)16-8-13-9-18(24-11-15(13)20(22)25-16)26-19-10-17(21(29)23-2)28(3)27-19;2*1-13-5-3-4-6-17(13)19-7-15-8-20(24-11-18(15)21(23)27-19)26-16-10-25-28(12-16)14(2)9-22;1-13-5-3-4-6-16(13)18-10-15-11-19(23-12-17(15)21(22)24-18)25-20-9-14(2)27(26-20)7-8-28/h4-12,29H,13H2,1-3H3,(H2,23,27)(H,24,26);4-11H,1-3H3,(H2,22,25)(H,23,29)(H,24,26,27);2*3-8,10-12,14H,1-2H3,(H2,23,27)(H,24,26);3-6,9-12,28H,7-8H2,1-2H3,(H2,22,24)(H,23,25,26)/t;;2*14-;/m..10./s1. The Balaban J connectivity index is 0.000000128. The minimum Gasteiger partial charge on any atom is -0.394 e. The Kier molecular flexibility index (Phi) is 28.7. The summed E-state index contributed by atoms with van der Waals surface area (Å²) in [5.41, 5.74) is 49.3. The first kappa shape index (κ1) is 96.4. The van der Waals surface area contributed by atoms with Crippen molar-refractivity contribution < 1.29 is 15.0 Å². The molecule has 0 spiro atoms. The van der Waals surface area contributed by atoms with Gasteiger partial charge in [-0.1, -0.05) is 121 Å². The molecule has 15 aromatic heterocycles. The Labute approximate surface area is 817 Å². The molecule has 18 N–H and O–H groups in total. The maximum atomic E-state index is 11.9. The Morgan fingerprint density at radius 1 is 0.394 bits per heavy atom. The van der Waals surface area contributed by atoms with Gasteiger partial charge in [0.2, 0.25) is 0 Å². The summed E-state index contributed by atoms with van der Waals surface area (Å²) in [6.07, 6.45) is 19.0. The van der Waals surface area contributed by atoms with Gasteiger partial charge in [-0.25, -0.2) is 49.8 Å². The van der Waals surface area contributed by atoms with E-state index in [9.17, 15) is 9.90 Å². The Hall–Kier alpha value is -18.7. The summed E-state index contributed by atoms with van der Waals surface area (Å²) in [5, 5.41) is 85.5. The van der Waals surface area contributed by atoms with Crippen LogP contribution in [-0.4, -0.2) is 135 Å². The molecule has 0 saturated carbocycles. The molecule has 20 rings (SSSR count). The fraction of sp³-hybridized carbons (Fsp3) is 0.170. The molecule has 1 amide bonds. The molecule has 0 unspecified atom stereocenters. The van der Waals surface area contributed by atoms with Crippen LogP contribution in [0.15, 0.2) is 262 Å². The molecule has 15 heterocycles. The van der Waals surface area contributed by atoms with E-state index >= 15 is 0 Å². The van der Waals surface area contributed by atoms with Crippen LogP contribution in [0, 0.1) is 64.2 Å². The molecular formula is C106H105N33O3.